The average molecular weight is 457 g/mol. The molecular formula is C21H21ClN6S2. The molecule has 0 aliphatic heterocycles. The van der Waals surface area contributed by atoms with Gasteiger partial charge in [0.15, 0.2) is 11.0 Å². The van der Waals surface area contributed by atoms with Crippen molar-refractivity contribution in [3.05, 3.63) is 81.5 Å². The van der Waals surface area contributed by atoms with Crippen LogP contribution in [0, 0.1) is 0 Å². The summed E-state index contributed by atoms with van der Waals surface area (Å²) in [5, 5.41) is 18.2. The first-order chi connectivity index (χ1) is 14.7. The fourth-order valence-electron chi connectivity index (χ4n) is 3.25. The minimum absolute atomic E-state index is 0.120. The van der Waals surface area contributed by atoms with Gasteiger partial charge in [0.25, 0.3) is 0 Å². The van der Waals surface area contributed by atoms with E-state index in [-0.39, 0.29) is 5.92 Å². The number of hydrogen-bond acceptors (Lipinski definition) is 6. The number of halogens is 1. The number of rotatable bonds is 9. The Morgan fingerprint density at radius 3 is 2.87 bits per heavy atom. The van der Waals surface area contributed by atoms with Crippen LogP contribution in [0.2, 0.25) is 5.02 Å². The van der Waals surface area contributed by atoms with Crippen molar-refractivity contribution in [2.24, 2.45) is 0 Å². The highest BCUT2D eigenvalue weighted by molar-refractivity contribution is 7.99. The second kappa shape index (κ2) is 9.59. The van der Waals surface area contributed by atoms with Gasteiger partial charge < -0.3 is 4.57 Å². The predicted molar refractivity (Wildman–Crippen MR) is 123 cm³/mol. The van der Waals surface area contributed by atoms with Gasteiger partial charge in [0.2, 0.25) is 0 Å². The number of thiophene rings is 1. The van der Waals surface area contributed by atoms with Crippen LogP contribution in [0.3, 0.4) is 0 Å². The molecule has 0 bridgehead atoms. The number of aromatic amines is 1. The van der Waals surface area contributed by atoms with E-state index in [9.17, 15) is 0 Å². The smallest absolute Gasteiger partial charge is 0.175 e. The number of allylic oxidation sites excluding steroid dienone is 1. The predicted octanol–water partition coefficient (Wildman–Crippen LogP) is 5.51. The molecule has 0 fully saturated rings. The molecule has 0 saturated heterocycles. The highest BCUT2D eigenvalue weighted by Crippen LogP contribution is 2.39. The zero-order valence-corrected chi connectivity index (χ0v) is 18.8. The Hall–Kier alpha value is -2.42. The van der Waals surface area contributed by atoms with Gasteiger partial charge in [0.1, 0.15) is 0 Å². The zero-order chi connectivity index (χ0) is 20.9. The SMILES string of the molecule is C=C(c1nnn[nH]1)C(c1cccs1)c1cnc(SCCC)n1Cc1ccccc1Cl. The van der Waals surface area contributed by atoms with Crippen molar-refractivity contribution in [2.75, 3.05) is 5.75 Å². The highest BCUT2D eigenvalue weighted by Gasteiger charge is 2.27. The van der Waals surface area contributed by atoms with Crippen LogP contribution in [-0.4, -0.2) is 35.9 Å². The molecule has 30 heavy (non-hydrogen) atoms. The molecule has 9 heteroatoms. The fourth-order valence-corrected chi connectivity index (χ4v) is 5.16. The summed E-state index contributed by atoms with van der Waals surface area (Å²) in [7, 11) is 0. The lowest BCUT2D eigenvalue weighted by atomic mass is 9.94. The van der Waals surface area contributed by atoms with Gasteiger partial charge in [-0.3, -0.25) is 0 Å². The molecule has 1 unspecified atom stereocenters. The Morgan fingerprint density at radius 2 is 2.17 bits per heavy atom. The van der Waals surface area contributed by atoms with E-state index in [1.54, 1.807) is 23.1 Å². The molecule has 0 radical (unpaired) electrons. The summed E-state index contributed by atoms with van der Waals surface area (Å²) in [6.07, 6.45) is 3.01. The maximum absolute atomic E-state index is 6.49. The molecule has 1 atom stereocenters. The van der Waals surface area contributed by atoms with Crippen LogP contribution in [0.5, 0.6) is 0 Å². The molecule has 0 spiro atoms. The van der Waals surface area contributed by atoms with Gasteiger partial charge in [-0.05, 0) is 39.9 Å². The van der Waals surface area contributed by atoms with Crippen LogP contribution in [-0.2, 0) is 6.54 Å². The van der Waals surface area contributed by atoms with Crippen LogP contribution < -0.4 is 0 Å². The van der Waals surface area contributed by atoms with E-state index in [1.807, 2.05) is 30.5 Å². The molecular weight excluding hydrogens is 436 g/mol. The number of aromatic nitrogens is 6. The van der Waals surface area contributed by atoms with Crippen molar-refractivity contribution in [3.8, 4) is 0 Å². The topological polar surface area (TPSA) is 72.3 Å². The number of nitrogens with one attached hydrogen (secondary N) is 1. The standard InChI is InChI=1S/C21H21ClN6S2/c1-3-10-30-21-23-12-17(28(21)13-15-7-4-5-8-16(15)22)19(18-9-6-11-29-18)14(2)20-24-26-27-25-20/h4-9,11-12,19H,2-3,10,13H2,1H3,(H,24,25,26,27). The Bertz CT molecular complexity index is 1100. The minimum atomic E-state index is -0.120. The van der Waals surface area contributed by atoms with Crippen molar-refractivity contribution in [2.45, 2.75) is 31.0 Å². The first-order valence-electron chi connectivity index (χ1n) is 9.57. The summed E-state index contributed by atoms with van der Waals surface area (Å²) in [6, 6.07) is 12.1. The second-order valence-electron chi connectivity index (χ2n) is 6.72. The highest BCUT2D eigenvalue weighted by atomic mass is 35.5. The quantitative estimate of drug-likeness (QED) is 0.336. The van der Waals surface area contributed by atoms with Crippen LogP contribution >= 0.6 is 34.7 Å². The lowest BCUT2D eigenvalue weighted by Gasteiger charge is -2.20. The molecule has 4 rings (SSSR count). The Balaban J connectivity index is 1.81. The molecule has 1 aromatic carbocycles. The van der Waals surface area contributed by atoms with Crippen molar-refractivity contribution < 1.29 is 0 Å². The molecule has 154 valence electrons. The van der Waals surface area contributed by atoms with Crippen molar-refractivity contribution in [1.82, 2.24) is 30.2 Å². The third kappa shape index (κ3) is 4.35. The summed E-state index contributed by atoms with van der Waals surface area (Å²) in [5.74, 6) is 1.45. The summed E-state index contributed by atoms with van der Waals surface area (Å²) in [4.78, 5) is 5.91. The van der Waals surface area contributed by atoms with Gasteiger partial charge in [-0.15, -0.1) is 16.4 Å². The fraction of sp³-hybridized carbons (Fsp3) is 0.238. The number of benzene rings is 1. The normalized spacial score (nSPS) is 12.2. The van der Waals surface area contributed by atoms with Gasteiger partial charge in [-0.25, -0.2) is 10.1 Å². The first kappa shape index (κ1) is 20.8. The maximum atomic E-state index is 6.49. The maximum Gasteiger partial charge on any atom is 0.175 e. The zero-order valence-electron chi connectivity index (χ0n) is 16.5. The number of hydrogen-bond donors (Lipinski definition) is 1. The molecule has 1 N–H and O–H groups in total. The van der Waals surface area contributed by atoms with Gasteiger partial charge in [-0.1, -0.05) is 61.1 Å². The van der Waals surface area contributed by atoms with Crippen molar-refractivity contribution in [3.63, 3.8) is 0 Å². The van der Waals surface area contributed by atoms with Crippen LogP contribution in [0.15, 0.2) is 59.7 Å². The summed E-state index contributed by atoms with van der Waals surface area (Å²) in [5.41, 5.74) is 2.89. The number of tetrazole rings is 1. The van der Waals surface area contributed by atoms with Gasteiger partial charge in [-0.2, -0.15) is 0 Å². The lowest BCUT2D eigenvalue weighted by molar-refractivity contribution is 0.668. The third-order valence-electron chi connectivity index (χ3n) is 4.69. The third-order valence-corrected chi connectivity index (χ3v) is 7.20. The Morgan fingerprint density at radius 1 is 1.30 bits per heavy atom. The molecule has 3 heterocycles. The molecule has 4 aromatic rings. The summed E-state index contributed by atoms with van der Waals surface area (Å²) >= 11 is 9.92. The van der Waals surface area contributed by atoms with E-state index in [0.717, 1.165) is 44.1 Å². The number of H-pyrrole nitrogens is 1. The van der Waals surface area contributed by atoms with E-state index in [0.29, 0.717) is 12.4 Å². The molecule has 0 amide bonds. The average Bonchev–Trinajstić information content (AvgIpc) is 3.52. The lowest BCUT2D eigenvalue weighted by Crippen LogP contribution is -2.12. The Labute approximate surface area is 188 Å². The van der Waals surface area contributed by atoms with E-state index in [4.69, 9.17) is 16.6 Å². The number of nitrogens with zero attached hydrogens (tertiary/aromatic N) is 5. The van der Waals surface area contributed by atoms with Gasteiger partial charge in [0.05, 0.1) is 24.4 Å². The Kier molecular flexibility index (Phi) is 6.66. The largest absolute Gasteiger partial charge is 0.318 e. The van der Waals surface area contributed by atoms with E-state index in [2.05, 4.69) is 56.2 Å². The molecule has 0 aliphatic rings. The van der Waals surface area contributed by atoms with Gasteiger partial charge >= 0.3 is 0 Å². The summed E-state index contributed by atoms with van der Waals surface area (Å²) in [6.45, 7) is 7.12. The first-order valence-corrected chi connectivity index (χ1v) is 11.8. The van der Waals surface area contributed by atoms with Crippen LogP contribution in [0.1, 0.15) is 41.2 Å². The molecule has 6 nitrogen and oxygen atoms in total. The van der Waals surface area contributed by atoms with Crippen LogP contribution in [0.4, 0.5) is 0 Å². The molecule has 0 aliphatic carbocycles. The monoisotopic (exact) mass is 456 g/mol. The van der Waals surface area contributed by atoms with E-state index in [1.165, 1.54) is 0 Å². The minimum Gasteiger partial charge on any atom is -0.318 e. The number of thioether (sulfide) groups is 1. The van der Waals surface area contributed by atoms with Crippen LogP contribution in [0.25, 0.3) is 5.57 Å². The molecule has 0 saturated carbocycles. The number of imidazole rings is 1. The van der Waals surface area contributed by atoms with E-state index < -0.39 is 0 Å². The van der Waals surface area contributed by atoms with E-state index >= 15 is 0 Å². The van der Waals surface area contributed by atoms with Crippen molar-refractivity contribution in [1.29, 1.82) is 0 Å². The summed E-state index contributed by atoms with van der Waals surface area (Å²) < 4.78 is 2.24. The van der Waals surface area contributed by atoms with Gasteiger partial charge in [0, 0.05) is 21.2 Å². The second-order valence-corrected chi connectivity index (χ2v) is 9.16. The molecule has 3 aromatic heterocycles. The van der Waals surface area contributed by atoms with Crippen molar-refractivity contribution >= 4 is 40.3 Å².